The zero-order valence-corrected chi connectivity index (χ0v) is 16.7. The summed E-state index contributed by atoms with van der Waals surface area (Å²) in [6.45, 7) is 11.2. The molecule has 0 bridgehead atoms. The van der Waals surface area contributed by atoms with E-state index in [-0.39, 0.29) is 0 Å². The summed E-state index contributed by atoms with van der Waals surface area (Å²) in [4.78, 5) is 0. The molecule has 2 nitrogen and oxygen atoms in total. The first-order valence-corrected chi connectivity index (χ1v) is 9.74. The molecule has 2 heteroatoms. The van der Waals surface area contributed by atoms with Crippen LogP contribution in [0, 0.1) is 11.8 Å². The Morgan fingerprint density at radius 3 is 2.48 bits per heavy atom. The maximum absolute atomic E-state index is 5.51. The molecule has 1 aromatic rings. The van der Waals surface area contributed by atoms with Gasteiger partial charge in [-0.15, -0.1) is 0 Å². The Morgan fingerprint density at radius 1 is 1.28 bits per heavy atom. The van der Waals surface area contributed by atoms with E-state index >= 15 is 0 Å². The van der Waals surface area contributed by atoms with Gasteiger partial charge in [-0.1, -0.05) is 45.1 Å². The summed E-state index contributed by atoms with van der Waals surface area (Å²) >= 11 is 0. The van der Waals surface area contributed by atoms with E-state index in [2.05, 4.69) is 56.9 Å². The molecule has 1 aliphatic rings. The van der Waals surface area contributed by atoms with E-state index in [9.17, 15) is 0 Å². The Kier molecular flexibility index (Phi) is 7.31. The molecule has 25 heavy (non-hydrogen) atoms. The number of ether oxygens (including phenoxy) is 1. The molecule has 0 saturated heterocycles. The normalized spacial score (nSPS) is 21.4. The molecule has 0 heterocycles. The van der Waals surface area contributed by atoms with Crippen LogP contribution in [0.3, 0.4) is 0 Å². The maximum Gasteiger partial charge on any atom is 0.0571 e. The van der Waals surface area contributed by atoms with E-state index < -0.39 is 0 Å². The van der Waals surface area contributed by atoms with E-state index in [1.807, 2.05) is 14.2 Å². The quantitative estimate of drug-likeness (QED) is 0.620. The lowest BCUT2D eigenvalue weighted by molar-refractivity contribution is 0.0638. The Labute approximate surface area is 154 Å². The van der Waals surface area contributed by atoms with E-state index in [0.29, 0.717) is 17.9 Å². The number of nitrogens with one attached hydrogen (secondary N) is 1. The van der Waals surface area contributed by atoms with Gasteiger partial charge in [0.05, 0.1) is 6.10 Å². The largest absolute Gasteiger partial charge is 0.388 e. The molecule has 0 spiro atoms. The smallest absolute Gasteiger partial charge is 0.0571 e. The first-order valence-electron chi connectivity index (χ1n) is 9.74. The zero-order valence-electron chi connectivity index (χ0n) is 16.7. The average Bonchev–Trinajstić information content (AvgIpc) is 2.65. The summed E-state index contributed by atoms with van der Waals surface area (Å²) in [5.74, 6) is 1.16. The van der Waals surface area contributed by atoms with Gasteiger partial charge in [0.1, 0.15) is 0 Å². The molecule has 0 aromatic heterocycles. The van der Waals surface area contributed by atoms with Crippen LogP contribution in [0.15, 0.2) is 30.4 Å². The van der Waals surface area contributed by atoms with Crippen LogP contribution in [0.2, 0.25) is 0 Å². The van der Waals surface area contributed by atoms with Crippen LogP contribution in [0.25, 0.3) is 11.6 Å². The van der Waals surface area contributed by atoms with E-state index in [0.717, 1.165) is 19.3 Å². The highest BCUT2D eigenvalue weighted by Gasteiger charge is 2.23. The SMILES string of the molecule is C=C(c1ccc(NC)c(/C=C(/CC)C(C)C)c1)C1CCC(OC)CC1. The van der Waals surface area contributed by atoms with Gasteiger partial charge in [-0.05, 0) is 72.8 Å². The van der Waals surface area contributed by atoms with Crippen LogP contribution < -0.4 is 5.32 Å². The number of hydrogen-bond donors (Lipinski definition) is 1. The van der Waals surface area contributed by atoms with E-state index in [1.54, 1.807) is 0 Å². The summed E-state index contributed by atoms with van der Waals surface area (Å²) in [6, 6.07) is 6.73. The van der Waals surface area contributed by atoms with Crippen molar-refractivity contribution in [1.29, 1.82) is 0 Å². The van der Waals surface area contributed by atoms with Gasteiger partial charge >= 0.3 is 0 Å². The third kappa shape index (κ3) is 4.98. The molecule has 0 amide bonds. The maximum atomic E-state index is 5.51. The Morgan fingerprint density at radius 2 is 1.96 bits per heavy atom. The Balaban J connectivity index is 2.25. The number of methoxy groups -OCH3 is 1. The third-order valence-corrected chi connectivity index (χ3v) is 5.68. The lowest BCUT2D eigenvalue weighted by Gasteiger charge is -2.29. The molecule has 138 valence electrons. The molecule has 0 unspecified atom stereocenters. The first-order chi connectivity index (χ1) is 12.0. The zero-order chi connectivity index (χ0) is 18.4. The van der Waals surface area contributed by atoms with Gasteiger partial charge in [0.15, 0.2) is 0 Å². The van der Waals surface area contributed by atoms with Crippen LogP contribution >= 0.6 is 0 Å². The van der Waals surface area contributed by atoms with Crippen molar-refractivity contribution >= 4 is 17.3 Å². The molecule has 0 aliphatic heterocycles. The highest BCUT2D eigenvalue weighted by Crippen LogP contribution is 2.36. The fourth-order valence-electron chi connectivity index (χ4n) is 3.87. The van der Waals surface area contributed by atoms with Crippen molar-refractivity contribution in [3.8, 4) is 0 Å². The van der Waals surface area contributed by atoms with Crippen molar-refractivity contribution in [2.45, 2.75) is 59.0 Å². The average molecular weight is 342 g/mol. The molecular weight excluding hydrogens is 306 g/mol. The van der Waals surface area contributed by atoms with Gasteiger partial charge in [-0.2, -0.15) is 0 Å². The predicted molar refractivity (Wildman–Crippen MR) is 111 cm³/mol. The summed E-state index contributed by atoms with van der Waals surface area (Å²) in [5.41, 5.74) is 6.52. The van der Waals surface area contributed by atoms with Gasteiger partial charge in [0, 0.05) is 19.8 Å². The molecule has 1 aromatic carbocycles. The second-order valence-corrected chi connectivity index (χ2v) is 7.51. The number of benzene rings is 1. The minimum atomic E-state index is 0.437. The Hall–Kier alpha value is -1.54. The van der Waals surface area contributed by atoms with Crippen molar-refractivity contribution in [3.63, 3.8) is 0 Å². The van der Waals surface area contributed by atoms with Crippen molar-refractivity contribution < 1.29 is 4.74 Å². The van der Waals surface area contributed by atoms with Crippen LogP contribution in [0.1, 0.15) is 64.0 Å². The lowest BCUT2D eigenvalue weighted by Crippen LogP contribution is -2.20. The molecule has 0 atom stereocenters. The summed E-state index contributed by atoms with van der Waals surface area (Å²) in [7, 11) is 3.82. The van der Waals surface area contributed by atoms with Gasteiger partial charge in [0.2, 0.25) is 0 Å². The van der Waals surface area contributed by atoms with Crippen molar-refractivity contribution in [2.75, 3.05) is 19.5 Å². The highest BCUT2D eigenvalue weighted by molar-refractivity contribution is 5.75. The standard InChI is InChI=1S/C23H35NO/c1-7-18(16(2)3)14-21-15-20(10-13-23(21)24-5)17(4)19-8-11-22(25-6)12-9-19/h10,13-16,19,22,24H,4,7-9,11-12H2,1-3,5-6H3/b18-14-. The number of allylic oxidation sites excluding steroid dienone is 2. The molecular formula is C23H35NO. The molecule has 1 saturated carbocycles. The van der Waals surface area contributed by atoms with Crippen LogP contribution in [-0.4, -0.2) is 20.3 Å². The molecule has 1 fully saturated rings. The first kappa shape index (κ1) is 19.8. The molecule has 2 rings (SSSR count). The summed E-state index contributed by atoms with van der Waals surface area (Å²) in [6.07, 6.45) is 8.55. The van der Waals surface area contributed by atoms with Crippen molar-refractivity contribution in [3.05, 3.63) is 41.5 Å². The monoisotopic (exact) mass is 341 g/mol. The second-order valence-electron chi connectivity index (χ2n) is 7.51. The van der Waals surface area contributed by atoms with Crippen LogP contribution in [-0.2, 0) is 4.74 Å². The topological polar surface area (TPSA) is 21.3 Å². The van der Waals surface area contributed by atoms with Gasteiger partial charge < -0.3 is 10.1 Å². The fourth-order valence-corrected chi connectivity index (χ4v) is 3.87. The van der Waals surface area contributed by atoms with Gasteiger partial charge in [-0.3, -0.25) is 0 Å². The van der Waals surface area contributed by atoms with E-state index in [1.165, 1.54) is 40.8 Å². The van der Waals surface area contributed by atoms with Crippen molar-refractivity contribution in [1.82, 2.24) is 0 Å². The molecule has 1 aliphatic carbocycles. The van der Waals surface area contributed by atoms with Gasteiger partial charge in [0.25, 0.3) is 0 Å². The number of anilines is 1. The molecule has 1 N–H and O–H groups in total. The van der Waals surface area contributed by atoms with Crippen molar-refractivity contribution in [2.24, 2.45) is 11.8 Å². The lowest BCUT2D eigenvalue weighted by atomic mass is 9.80. The minimum absolute atomic E-state index is 0.437. The van der Waals surface area contributed by atoms with Crippen LogP contribution in [0.5, 0.6) is 0 Å². The molecule has 0 radical (unpaired) electrons. The van der Waals surface area contributed by atoms with Gasteiger partial charge in [-0.25, -0.2) is 0 Å². The fraction of sp³-hybridized carbons (Fsp3) is 0.565. The Bertz CT molecular complexity index is 607. The van der Waals surface area contributed by atoms with E-state index in [4.69, 9.17) is 4.74 Å². The number of rotatable bonds is 7. The number of hydrogen-bond acceptors (Lipinski definition) is 2. The summed E-state index contributed by atoms with van der Waals surface area (Å²) < 4.78 is 5.51. The third-order valence-electron chi connectivity index (χ3n) is 5.68. The van der Waals surface area contributed by atoms with Crippen LogP contribution in [0.4, 0.5) is 5.69 Å². The summed E-state index contributed by atoms with van der Waals surface area (Å²) in [5, 5.41) is 3.33. The second kappa shape index (κ2) is 9.24. The highest BCUT2D eigenvalue weighted by atomic mass is 16.5. The minimum Gasteiger partial charge on any atom is -0.388 e. The predicted octanol–water partition coefficient (Wildman–Crippen LogP) is 6.40.